The van der Waals surface area contributed by atoms with Crippen LogP contribution >= 0.6 is 0 Å². The lowest BCUT2D eigenvalue weighted by Crippen LogP contribution is -2.23. The lowest BCUT2D eigenvalue weighted by Gasteiger charge is -2.18. The molecule has 110 valence electrons. The van der Waals surface area contributed by atoms with Crippen molar-refractivity contribution in [2.24, 2.45) is 0 Å². The average molecular weight is 276 g/mol. The van der Waals surface area contributed by atoms with Gasteiger partial charge >= 0.3 is 0 Å². The third-order valence-electron chi connectivity index (χ3n) is 3.35. The summed E-state index contributed by atoms with van der Waals surface area (Å²) in [5, 5.41) is 3.42. The van der Waals surface area contributed by atoms with E-state index in [4.69, 9.17) is 8.83 Å². The number of nitrogens with one attached hydrogen (secondary N) is 1. The van der Waals surface area contributed by atoms with Crippen LogP contribution in [0.3, 0.4) is 0 Å². The Balaban J connectivity index is 1.91. The van der Waals surface area contributed by atoms with Gasteiger partial charge in [0.2, 0.25) is 0 Å². The Morgan fingerprint density at radius 1 is 1.10 bits per heavy atom. The maximum absolute atomic E-state index is 5.63. The number of nitrogens with zero attached hydrogens (tertiary/aromatic N) is 1. The standard InChI is InChI=1S/C16H24N2O2/c1-3-8-17-11-14-7-10-20-16(14)13-18(4-2)12-15-6-5-9-19-15/h5-7,9-10,17H,3-4,8,11-13H2,1-2H3. The third kappa shape index (κ3) is 4.25. The molecule has 0 bridgehead atoms. The van der Waals surface area contributed by atoms with E-state index in [1.54, 1.807) is 12.5 Å². The number of furan rings is 2. The first-order chi connectivity index (χ1) is 9.83. The number of rotatable bonds is 9. The number of hydrogen-bond donors (Lipinski definition) is 1. The van der Waals surface area contributed by atoms with Gasteiger partial charge in [-0.25, -0.2) is 0 Å². The van der Waals surface area contributed by atoms with Crippen molar-refractivity contribution in [1.82, 2.24) is 10.2 Å². The summed E-state index contributed by atoms with van der Waals surface area (Å²) < 4.78 is 11.0. The summed E-state index contributed by atoms with van der Waals surface area (Å²) >= 11 is 0. The van der Waals surface area contributed by atoms with Gasteiger partial charge in [0.25, 0.3) is 0 Å². The van der Waals surface area contributed by atoms with Crippen LogP contribution < -0.4 is 5.32 Å². The van der Waals surface area contributed by atoms with Crippen molar-refractivity contribution < 1.29 is 8.83 Å². The van der Waals surface area contributed by atoms with E-state index in [1.807, 2.05) is 12.1 Å². The minimum Gasteiger partial charge on any atom is -0.468 e. The van der Waals surface area contributed by atoms with Crippen molar-refractivity contribution in [1.29, 1.82) is 0 Å². The number of hydrogen-bond acceptors (Lipinski definition) is 4. The van der Waals surface area contributed by atoms with Crippen LogP contribution in [0.5, 0.6) is 0 Å². The van der Waals surface area contributed by atoms with Crippen LogP contribution in [0.4, 0.5) is 0 Å². The second-order valence-electron chi connectivity index (χ2n) is 4.93. The van der Waals surface area contributed by atoms with E-state index in [1.165, 1.54) is 5.56 Å². The molecule has 0 saturated carbocycles. The van der Waals surface area contributed by atoms with Gasteiger partial charge in [0.05, 0.1) is 25.6 Å². The molecule has 0 aliphatic rings. The molecule has 4 nitrogen and oxygen atoms in total. The van der Waals surface area contributed by atoms with Crippen molar-refractivity contribution >= 4 is 0 Å². The first kappa shape index (κ1) is 14.9. The van der Waals surface area contributed by atoms with Crippen molar-refractivity contribution in [2.75, 3.05) is 13.1 Å². The molecule has 2 aromatic heterocycles. The predicted octanol–water partition coefficient (Wildman–Crippen LogP) is 3.39. The molecule has 0 fully saturated rings. The second-order valence-corrected chi connectivity index (χ2v) is 4.93. The van der Waals surface area contributed by atoms with Gasteiger partial charge in [0, 0.05) is 12.1 Å². The molecule has 0 amide bonds. The molecule has 2 aromatic rings. The van der Waals surface area contributed by atoms with Crippen molar-refractivity contribution in [3.8, 4) is 0 Å². The topological polar surface area (TPSA) is 41.6 Å². The highest BCUT2D eigenvalue weighted by Gasteiger charge is 2.12. The zero-order valence-electron chi connectivity index (χ0n) is 12.4. The van der Waals surface area contributed by atoms with Crippen molar-refractivity contribution in [3.05, 3.63) is 47.8 Å². The van der Waals surface area contributed by atoms with Gasteiger partial charge < -0.3 is 14.2 Å². The summed E-state index contributed by atoms with van der Waals surface area (Å²) in [6.45, 7) is 8.82. The SMILES string of the molecule is CCCNCc1ccoc1CN(CC)Cc1ccco1. The van der Waals surface area contributed by atoms with Gasteiger partial charge in [-0.2, -0.15) is 0 Å². The largest absolute Gasteiger partial charge is 0.468 e. The van der Waals surface area contributed by atoms with Gasteiger partial charge in [-0.15, -0.1) is 0 Å². The molecule has 20 heavy (non-hydrogen) atoms. The van der Waals surface area contributed by atoms with Gasteiger partial charge in [0.1, 0.15) is 11.5 Å². The second kappa shape index (κ2) is 7.92. The molecule has 0 spiro atoms. The maximum atomic E-state index is 5.63. The lowest BCUT2D eigenvalue weighted by atomic mass is 10.2. The molecule has 2 heterocycles. The molecule has 1 N–H and O–H groups in total. The molecule has 4 heteroatoms. The van der Waals surface area contributed by atoms with Gasteiger partial charge in [-0.1, -0.05) is 13.8 Å². The highest BCUT2D eigenvalue weighted by Crippen LogP contribution is 2.15. The molecule has 0 saturated heterocycles. The Hall–Kier alpha value is -1.52. The minimum absolute atomic E-state index is 0.812. The fraction of sp³-hybridized carbons (Fsp3) is 0.500. The Morgan fingerprint density at radius 2 is 2.00 bits per heavy atom. The lowest BCUT2D eigenvalue weighted by molar-refractivity contribution is 0.227. The van der Waals surface area contributed by atoms with Crippen LogP contribution in [0.25, 0.3) is 0 Å². The third-order valence-corrected chi connectivity index (χ3v) is 3.35. The first-order valence-corrected chi connectivity index (χ1v) is 7.34. The maximum Gasteiger partial charge on any atom is 0.122 e. The summed E-state index contributed by atoms with van der Waals surface area (Å²) in [6.07, 6.45) is 4.64. The zero-order chi connectivity index (χ0) is 14.2. The first-order valence-electron chi connectivity index (χ1n) is 7.34. The smallest absolute Gasteiger partial charge is 0.122 e. The summed E-state index contributed by atoms with van der Waals surface area (Å²) in [7, 11) is 0. The fourth-order valence-corrected chi connectivity index (χ4v) is 2.17. The molecule has 0 aliphatic carbocycles. The van der Waals surface area contributed by atoms with Crippen LogP contribution in [0.2, 0.25) is 0 Å². The molecular weight excluding hydrogens is 252 g/mol. The minimum atomic E-state index is 0.812. The van der Waals surface area contributed by atoms with Crippen molar-refractivity contribution in [2.45, 2.75) is 39.9 Å². The molecule has 0 radical (unpaired) electrons. The highest BCUT2D eigenvalue weighted by atomic mass is 16.3. The molecular formula is C16H24N2O2. The van der Waals surface area contributed by atoms with Gasteiger partial charge in [-0.05, 0) is 37.7 Å². The van der Waals surface area contributed by atoms with Gasteiger partial charge in [-0.3, -0.25) is 4.90 Å². The van der Waals surface area contributed by atoms with Gasteiger partial charge in [0.15, 0.2) is 0 Å². The summed E-state index contributed by atoms with van der Waals surface area (Å²) in [4.78, 5) is 2.31. The Bertz CT molecular complexity index is 476. The molecule has 0 unspecified atom stereocenters. The van der Waals surface area contributed by atoms with E-state index in [-0.39, 0.29) is 0 Å². The zero-order valence-corrected chi connectivity index (χ0v) is 12.4. The van der Waals surface area contributed by atoms with Crippen LogP contribution in [0, 0.1) is 0 Å². The Kier molecular flexibility index (Phi) is 5.89. The van der Waals surface area contributed by atoms with E-state index >= 15 is 0 Å². The normalized spacial score (nSPS) is 11.3. The fourth-order valence-electron chi connectivity index (χ4n) is 2.17. The Morgan fingerprint density at radius 3 is 2.70 bits per heavy atom. The predicted molar refractivity (Wildman–Crippen MR) is 79.2 cm³/mol. The Labute approximate surface area is 120 Å². The van der Waals surface area contributed by atoms with Crippen molar-refractivity contribution in [3.63, 3.8) is 0 Å². The summed E-state index contributed by atoms with van der Waals surface area (Å²) in [6, 6.07) is 5.99. The monoisotopic (exact) mass is 276 g/mol. The van der Waals surface area contributed by atoms with Crippen LogP contribution in [0.15, 0.2) is 39.6 Å². The molecule has 0 atom stereocenters. The van der Waals surface area contributed by atoms with E-state index in [0.29, 0.717) is 0 Å². The molecule has 0 aliphatic heterocycles. The average Bonchev–Trinajstić information content (AvgIpc) is 3.10. The van der Waals surface area contributed by atoms with Crippen LogP contribution in [0.1, 0.15) is 37.4 Å². The van der Waals surface area contributed by atoms with E-state index in [0.717, 1.165) is 50.7 Å². The highest BCUT2D eigenvalue weighted by molar-refractivity contribution is 5.17. The van der Waals surface area contributed by atoms with Crippen LogP contribution in [-0.2, 0) is 19.6 Å². The van der Waals surface area contributed by atoms with E-state index in [2.05, 4.69) is 30.1 Å². The summed E-state index contributed by atoms with van der Waals surface area (Å²) in [5.74, 6) is 2.03. The quantitative estimate of drug-likeness (QED) is 0.713. The van der Waals surface area contributed by atoms with E-state index in [9.17, 15) is 0 Å². The van der Waals surface area contributed by atoms with Crippen LogP contribution in [-0.4, -0.2) is 18.0 Å². The van der Waals surface area contributed by atoms with E-state index < -0.39 is 0 Å². The summed E-state index contributed by atoms with van der Waals surface area (Å²) in [5.41, 5.74) is 1.25. The molecule has 2 rings (SSSR count). The molecule has 0 aromatic carbocycles.